The Morgan fingerprint density at radius 1 is 1.24 bits per heavy atom. The van der Waals surface area contributed by atoms with Crippen LogP contribution in [0.4, 0.5) is 17.5 Å². The van der Waals surface area contributed by atoms with Crippen LogP contribution in [0.1, 0.15) is 6.42 Å². The van der Waals surface area contributed by atoms with E-state index in [1.165, 1.54) is 6.20 Å². The fourth-order valence-electron chi connectivity index (χ4n) is 1.60. The van der Waals surface area contributed by atoms with Gasteiger partial charge in [-0.2, -0.15) is 10.1 Å². The van der Waals surface area contributed by atoms with Gasteiger partial charge in [0, 0.05) is 20.3 Å². The predicted octanol–water partition coefficient (Wildman–Crippen LogP) is 3.37. The molecular formula is C13H15Cl2N5O. The fraction of sp³-hybridized carbons (Fsp3) is 0.308. The van der Waals surface area contributed by atoms with E-state index >= 15 is 0 Å². The maximum atomic E-state index is 6.10. The van der Waals surface area contributed by atoms with Crippen molar-refractivity contribution in [3.8, 4) is 0 Å². The molecule has 0 spiro atoms. The van der Waals surface area contributed by atoms with E-state index in [0.717, 1.165) is 6.42 Å². The van der Waals surface area contributed by atoms with Crippen LogP contribution in [0, 0.1) is 0 Å². The normalized spacial score (nSPS) is 10.4. The van der Waals surface area contributed by atoms with E-state index in [0.29, 0.717) is 40.7 Å². The molecule has 1 aromatic heterocycles. The van der Waals surface area contributed by atoms with Gasteiger partial charge >= 0.3 is 0 Å². The van der Waals surface area contributed by atoms with Gasteiger partial charge in [-0.25, -0.2) is 0 Å². The Balaban J connectivity index is 2.04. The number of halogens is 2. The zero-order valence-corrected chi connectivity index (χ0v) is 12.9. The van der Waals surface area contributed by atoms with Gasteiger partial charge in [-0.1, -0.05) is 29.3 Å². The number of aromatic nitrogens is 3. The first-order chi connectivity index (χ1) is 10.2. The van der Waals surface area contributed by atoms with Gasteiger partial charge < -0.3 is 15.4 Å². The zero-order chi connectivity index (χ0) is 15.1. The van der Waals surface area contributed by atoms with Gasteiger partial charge in [-0.15, -0.1) is 5.10 Å². The molecule has 1 heterocycles. The number of para-hydroxylation sites is 1. The molecular weight excluding hydrogens is 313 g/mol. The van der Waals surface area contributed by atoms with Crippen LogP contribution in [0.5, 0.6) is 0 Å². The summed E-state index contributed by atoms with van der Waals surface area (Å²) in [5, 5.41) is 14.9. The molecule has 0 radical (unpaired) electrons. The largest absolute Gasteiger partial charge is 0.385 e. The van der Waals surface area contributed by atoms with E-state index in [4.69, 9.17) is 27.9 Å². The lowest BCUT2D eigenvalue weighted by atomic mass is 10.3. The average molecular weight is 328 g/mol. The van der Waals surface area contributed by atoms with Gasteiger partial charge in [-0.05, 0) is 18.6 Å². The lowest BCUT2D eigenvalue weighted by Gasteiger charge is -2.10. The molecule has 0 saturated heterocycles. The van der Waals surface area contributed by atoms with Gasteiger partial charge in [0.25, 0.3) is 0 Å². The van der Waals surface area contributed by atoms with E-state index in [-0.39, 0.29) is 0 Å². The quantitative estimate of drug-likeness (QED) is 0.759. The molecule has 0 bridgehead atoms. The Morgan fingerprint density at radius 3 is 2.71 bits per heavy atom. The number of methoxy groups -OCH3 is 1. The van der Waals surface area contributed by atoms with Crippen LogP contribution in [0.15, 0.2) is 24.4 Å². The number of nitrogens with zero attached hydrogens (tertiary/aromatic N) is 3. The molecule has 0 atom stereocenters. The van der Waals surface area contributed by atoms with Gasteiger partial charge in [0.15, 0.2) is 5.82 Å². The number of nitrogens with one attached hydrogen (secondary N) is 2. The van der Waals surface area contributed by atoms with Crippen LogP contribution in [0.25, 0.3) is 0 Å². The molecule has 2 N–H and O–H groups in total. The first kappa shape index (κ1) is 15.8. The fourth-order valence-corrected chi connectivity index (χ4v) is 2.09. The zero-order valence-electron chi connectivity index (χ0n) is 11.4. The van der Waals surface area contributed by atoms with Crippen LogP contribution < -0.4 is 10.6 Å². The molecule has 2 rings (SSSR count). The molecule has 21 heavy (non-hydrogen) atoms. The minimum absolute atomic E-state index is 0.430. The molecule has 0 unspecified atom stereocenters. The van der Waals surface area contributed by atoms with E-state index in [9.17, 15) is 0 Å². The summed E-state index contributed by atoms with van der Waals surface area (Å²) in [7, 11) is 1.66. The number of ether oxygens (including phenoxy) is 1. The summed E-state index contributed by atoms with van der Waals surface area (Å²) < 4.78 is 4.97. The molecule has 6 nitrogen and oxygen atoms in total. The SMILES string of the molecule is COCCCNc1nncc(Nc2c(Cl)cccc2Cl)n1. The summed E-state index contributed by atoms with van der Waals surface area (Å²) >= 11 is 12.2. The molecule has 0 aliphatic carbocycles. The number of anilines is 3. The minimum atomic E-state index is 0.430. The maximum Gasteiger partial charge on any atom is 0.244 e. The van der Waals surface area contributed by atoms with Gasteiger partial charge in [0.1, 0.15) is 0 Å². The second-order valence-corrected chi connectivity index (χ2v) is 4.97. The third kappa shape index (κ3) is 4.70. The van der Waals surface area contributed by atoms with Crippen molar-refractivity contribution in [2.75, 3.05) is 30.9 Å². The van der Waals surface area contributed by atoms with Crippen molar-refractivity contribution in [1.29, 1.82) is 0 Å². The highest BCUT2D eigenvalue weighted by Gasteiger charge is 2.07. The summed E-state index contributed by atoms with van der Waals surface area (Å²) in [4.78, 5) is 4.29. The van der Waals surface area contributed by atoms with E-state index in [1.807, 2.05) is 0 Å². The van der Waals surface area contributed by atoms with Crippen LogP contribution >= 0.6 is 23.2 Å². The Labute approximate surface area is 132 Å². The monoisotopic (exact) mass is 327 g/mol. The Kier molecular flexibility index (Phi) is 5.98. The lowest BCUT2D eigenvalue weighted by molar-refractivity contribution is 0.197. The van der Waals surface area contributed by atoms with Crippen molar-refractivity contribution < 1.29 is 4.74 Å². The van der Waals surface area contributed by atoms with Crippen LogP contribution in [-0.2, 0) is 4.74 Å². The lowest BCUT2D eigenvalue weighted by Crippen LogP contribution is -2.09. The van der Waals surface area contributed by atoms with Crippen molar-refractivity contribution in [2.45, 2.75) is 6.42 Å². The molecule has 0 saturated carbocycles. The highest BCUT2D eigenvalue weighted by Crippen LogP contribution is 2.31. The second kappa shape index (κ2) is 7.97. The van der Waals surface area contributed by atoms with Crippen LogP contribution in [0.3, 0.4) is 0 Å². The molecule has 0 fully saturated rings. The maximum absolute atomic E-state index is 6.10. The highest BCUT2D eigenvalue weighted by atomic mass is 35.5. The number of benzene rings is 1. The molecule has 2 aromatic rings. The van der Waals surface area contributed by atoms with Gasteiger partial charge in [0.05, 0.1) is 21.9 Å². The van der Waals surface area contributed by atoms with E-state index in [1.54, 1.807) is 25.3 Å². The highest BCUT2D eigenvalue weighted by molar-refractivity contribution is 6.39. The van der Waals surface area contributed by atoms with Crippen molar-refractivity contribution in [3.05, 3.63) is 34.4 Å². The first-order valence-electron chi connectivity index (χ1n) is 6.34. The molecule has 112 valence electrons. The number of hydrogen-bond acceptors (Lipinski definition) is 6. The Morgan fingerprint density at radius 2 is 2.00 bits per heavy atom. The smallest absolute Gasteiger partial charge is 0.244 e. The third-order valence-corrected chi connectivity index (χ3v) is 3.21. The summed E-state index contributed by atoms with van der Waals surface area (Å²) in [5.41, 5.74) is 0.590. The standard InChI is InChI=1S/C13H15Cl2N5O/c1-21-7-3-6-16-13-19-11(8-17-20-13)18-12-9(14)4-2-5-10(12)15/h2,4-5,8H,3,6-7H2,1H3,(H2,16,18,19,20). The summed E-state index contributed by atoms with van der Waals surface area (Å²) in [6.07, 6.45) is 2.36. The van der Waals surface area contributed by atoms with Crippen molar-refractivity contribution in [2.24, 2.45) is 0 Å². The Bertz CT molecular complexity index is 576. The third-order valence-electron chi connectivity index (χ3n) is 2.58. The van der Waals surface area contributed by atoms with Gasteiger partial charge in [0.2, 0.25) is 5.95 Å². The van der Waals surface area contributed by atoms with Crippen LogP contribution in [-0.4, -0.2) is 35.4 Å². The van der Waals surface area contributed by atoms with Crippen molar-refractivity contribution in [1.82, 2.24) is 15.2 Å². The first-order valence-corrected chi connectivity index (χ1v) is 7.10. The van der Waals surface area contributed by atoms with Gasteiger partial charge in [-0.3, -0.25) is 0 Å². The minimum Gasteiger partial charge on any atom is -0.385 e. The van der Waals surface area contributed by atoms with E-state index in [2.05, 4.69) is 25.8 Å². The average Bonchev–Trinajstić information content (AvgIpc) is 2.48. The summed E-state index contributed by atoms with van der Waals surface area (Å²) in [6.45, 7) is 1.37. The molecule has 0 amide bonds. The topological polar surface area (TPSA) is 72.0 Å². The Hall–Kier alpha value is -1.63. The van der Waals surface area contributed by atoms with Crippen molar-refractivity contribution >= 4 is 40.7 Å². The summed E-state index contributed by atoms with van der Waals surface area (Å²) in [6, 6.07) is 5.26. The molecule has 0 aliphatic heterocycles. The molecule has 0 aliphatic rings. The summed E-state index contributed by atoms with van der Waals surface area (Å²) in [5.74, 6) is 0.938. The molecule has 8 heteroatoms. The molecule has 1 aromatic carbocycles. The van der Waals surface area contributed by atoms with Crippen molar-refractivity contribution in [3.63, 3.8) is 0 Å². The van der Waals surface area contributed by atoms with E-state index < -0.39 is 0 Å². The number of hydrogen-bond donors (Lipinski definition) is 2. The second-order valence-electron chi connectivity index (χ2n) is 4.16. The predicted molar refractivity (Wildman–Crippen MR) is 84.6 cm³/mol. The number of rotatable bonds is 7. The van der Waals surface area contributed by atoms with Crippen LogP contribution in [0.2, 0.25) is 10.0 Å².